The SMILES string of the molecule is COc1ccc(/C=C/Br)c(C)c1O. The molecular weight excluding hydrogens is 232 g/mol. The zero-order valence-electron chi connectivity index (χ0n) is 7.54. The fourth-order valence-corrected chi connectivity index (χ4v) is 1.39. The minimum atomic E-state index is 0.200. The number of ether oxygens (including phenoxy) is 1. The van der Waals surface area contributed by atoms with Crippen LogP contribution in [0.2, 0.25) is 0 Å². The quantitative estimate of drug-likeness (QED) is 0.864. The summed E-state index contributed by atoms with van der Waals surface area (Å²) < 4.78 is 4.97. The summed E-state index contributed by atoms with van der Waals surface area (Å²) >= 11 is 3.19. The van der Waals surface area contributed by atoms with Crippen molar-refractivity contribution in [3.05, 3.63) is 28.2 Å². The van der Waals surface area contributed by atoms with Crippen molar-refractivity contribution >= 4 is 22.0 Å². The van der Waals surface area contributed by atoms with Gasteiger partial charge in [-0.15, -0.1) is 0 Å². The van der Waals surface area contributed by atoms with Crippen molar-refractivity contribution < 1.29 is 9.84 Å². The van der Waals surface area contributed by atoms with Gasteiger partial charge in [0.05, 0.1) is 7.11 Å². The van der Waals surface area contributed by atoms with Gasteiger partial charge in [-0.05, 0) is 29.6 Å². The van der Waals surface area contributed by atoms with Crippen LogP contribution in [0.1, 0.15) is 11.1 Å². The zero-order valence-corrected chi connectivity index (χ0v) is 9.13. The molecule has 13 heavy (non-hydrogen) atoms. The van der Waals surface area contributed by atoms with E-state index >= 15 is 0 Å². The Labute approximate surface area is 86.0 Å². The van der Waals surface area contributed by atoms with Gasteiger partial charge in [-0.1, -0.05) is 22.0 Å². The van der Waals surface area contributed by atoms with Crippen LogP contribution in [0.3, 0.4) is 0 Å². The first-order valence-corrected chi connectivity index (χ1v) is 4.75. The number of phenolic OH excluding ortho intramolecular Hbond substituents is 1. The van der Waals surface area contributed by atoms with Crippen LogP contribution in [0.15, 0.2) is 17.1 Å². The highest BCUT2D eigenvalue weighted by molar-refractivity contribution is 9.11. The molecule has 0 atom stereocenters. The number of rotatable bonds is 2. The van der Waals surface area contributed by atoms with Gasteiger partial charge in [0.15, 0.2) is 11.5 Å². The van der Waals surface area contributed by atoms with Gasteiger partial charge in [-0.2, -0.15) is 0 Å². The number of phenols is 1. The molecule has 3 heteroatoms. The third-order valence-corrected chi connectivity index (χ3v) is 2.16. The molecule has 0 amide bonds. The normalized spacial score (nSPS) is 10.7. The van der Waals surface area contributed by atoms with Crippen molar-refractivity contribution in [3.63, 3.8) is 0 Å². The van der Waals surface area contributed by atoms with Crippen LogP contribution in [0.25, 0.3) is 6.08 Å². The highest BCUT2D eigenvalue weighted by Gasteiger charge is 2.06. The molecule has 0 saturated heterocycles. The minimum absolute atomic E-state index is 0.200. The molecule has 0 aromatic heterocycles. The molecule has 0 bridgehead atoms. The molecule has 0 unspecified atom stereocenters. The molecule has 1 aromatic carbocycles. The van der Waals surface area contributed by atoms with E-state index in [9.17, 15) is 5.11 Å². The predicted molar refractivity (Wildman–Crippen MR) is 57.4 cm³/mol. The van der Waals surface area contributed by atoms with Gasteiger partial charge in [0.1, 0.15) is 0 Å². The Balaban J connectivity index is 3.22. The van der Waals surface area contributed by atoms with Crippen molar-refractivity contribution in [2.24, 2.45) is 0 Å². The van der Waals surface area contributed by atoms with Gasteiger partial charge >= 0.3 is 0 Å². The van der Waals surface area contributed by atoms with E-state index in [1.54, 1.807) is 11.1 Å². The maximum Gasteiger partial charge on any atom is 0.161 e. The summed E-state index contributed by atoms with van der Waals surface area (Å²) in [4.78, 5) is 1.75. The smallest absolute Gasteiger partial charge is 0.161 e. The molecule has 1 rings (SSSR count). The first-order valence-electron chi connectivity index (χ1n) is 3.84. The summed E-state index contributed by atoms with van der Waals surface area (Å²) in [6.07, 6.45) is 1.87. The monoisotopic (exact) mass is 242 g/mol. The largest absolute Gasteiger partial charge is 0.504 e. The number of halogens is 1. The minimum Gasteiger partial charge on any atom is -0.504 e. The third-order valence-electron chi connectivity index (χ3n) is 1.90. The molecule has 0 aliphatic rings. The molecule has 0 heterocycles. The van der Waals surface area contributed by atoms with Gasteiger partial charge in [0.25, 0.3) is 0 Å². The highest BCUT2D eigenvalue weighted by Crippen LogP contribution is 2.32. The lowest BCUT2D eigenvalue weighted by Crippen LogP contribution is -1.88. The Morgan fingerprint density at radius 1 is 1.46 bits per heavy atom. The number of hydrogen-bond acceptors (Lipinski definition) is 2. The average molecular weight is 243 g/mol. The lowest BCUT2D eigenvalue weighted by atomic mass is 10.1. The van der Waals surface area contributed by atoms with Gasteiger partial charge in [-0.25, -0.2) is 0 Å². The molecule has 1 aromatic rings. The topological polar surface area (TPSA) is 29.5 Å². The first-order chi connectivity index (χ1) is 6.20. The van der Waals surface area contributed by atoms with Crippen LogP contribution < -0.4 is 4.74 Å². The Morgan fingerprint density at radius 3 is 2.69 bits per heavy atom. The molecular formula is C10H11BrO2. The number of methoxy groups -OCH3 is 1. The molecule has 0 fully saturated rings. The van der Waals surface area contributed by atoms with Crippen LogP contribution >= 0.6 is 15.9 Å². The molecule has 0 aliphatic carbocycles. The molecule has 0 saturated carbocycles. The summed E-state index contributed by atoms with van der Waals surface area (Å²) in [6, 6.07) is 3.64. The second-order valence-corrected chi connectivity index (χ2v) is 3.15. The van der Waals surface area contributed by atoms with Crippen LogP contribution in [0.5, 0.6) is 11.5 Å². The van der Waals surface area contributed by atoms with E-state index in [2.05, 4.69) is 15.9 Å². The standard InChI is InChI=1S/C10H11BrO2/c1-7-8(5-6-11)3-4-9(13-2)10(7)12/h3-6,12H,1-2H3/b6-5+. The maximum absolute atomic E-state index is 9.63. The second kappa shape index (κ2) is 4.33. The van der Waals surface area contributed by atoms with Crippen LogP contribution in [-0.4, -0.2) is 12.2 Å². The number of benzene rings is 1. The van der Waals surface area contributed by atoms with Gasteiger partial charge in [0.2, 0.25) is 0 Å². The fraction of sp³-hybridized carbons (Fsp3) is 0.200. The van der Waals surface area contributed by atoms with E-state index in [1.807, 2.05) is 19.1 Å². The van der Waals surface area contributed by atoms with E-state index in [0.29, 0.717) is 5.75 Å². The molecule has 1 N–H and O–H groups in total. The van der Waals surface area contributed by atoms with E-state index in [-0.39, 0.29) is 5.75 Å². The number of aromatic hydroxyl groups is 1. The molecule has 0 radical (unpaired) electrons. The molecule has 2 nitrogen and oxygen atoms in total. The van der Waals surface area contributed by atoms with E-state index in [4.69, 9.17) is 4.74 Å². The lowest BCUT2D eigenvalue weighted by Gasteiger charge is -2.07. The molecule has 70 valence electrons. The Morgan fingerprint density at radius 2 is 2.15 bits per heavy atom. The summed E-state index contributed by atoms with van der Waals surface area (Å²) in [7, 11) is 1.54. The summed E-state index contributed by atoms with van der Waals surface area (Å²) in [5.41, 5.74) is 1.78. The van der Waals surface area contributed by atoms with Crippen molar-refractivity contribution in [1.82, 2.24) is 0 Å². The third kappa shape index (κ3) is 2.04. The van der Waals surface area contributed by atoms with Crippen molar-refractivity contribution in [2.75, 3.05) is 7.11 Å². The van der Waals surface area contributed by atoms with Crippen LogP contribution in [0.4, 0.5) is 0 Å². The van der Waals surface area contributed by atoms with Crippen LogP contribution in [-0.2, 0) is 0 Å². The predicted octanol–water partition coefficient (Wildman–Crippen LogP) is 3.07. The molecule has 0 aliphatic heterocycles. The maximum atomic E-state index is 9.63. The summed E-state index contributed by atoms with van der Waals surface area (Å²) in [5.74, 6) is 0.704. The van der Waals surface area contributed by atoms with E-state index < -0.39 is 0 Å². The Kier molecular flexibility index (Phi) is 3.37. The van der Waals surface area contributed by atoms with Gasteiger partial charge < -0.3 is 9.84 Å². The second-order valence-electron chi connectivity index (χ2n) is 2.62. The van der Waals surface area contributed by atoms with Crippen molar-refractivity contribution in [1.29, 1.82) is 0 Å². The highest BCUT2D eigenvalue weighted by atomic mass is 79.9. The van der Waals surface area contributed by atoms with E-state index in [0.717, 1.165) is 11.1 Å². The first kappa shape index (κ1) is 10.1. The average Bonchev–Trinajstić information content (AvgIpc) is 2.14. The Hall–Kier alpha value is -0.960. The van der Waals surface area contributed by atoms with Gasteiger partial charge in [0, 0.05) is 5.56 Å². The lowest BCUT2D eigenvalue weighted by molar-refractivity contribution is 0.371. The molecule has 0 spiro atoms. The van der Waals surface area contributed by atoms with Gasteiger partial charge in [-0.3, -0.25) is 0 Å². The van der Waals surface area contributed by atoms with Crippen molar-refractivity contribution in [3.8, 4) is 11.5 Å². The fourth-order valence-electron chi connectivity index (χ4n) is 1.10. The van der Waals surface area contributed by atoms with E-state index in [1.165, 1.54) is 7.11 Å². The van der Waals surface area contributed by atoms with Crippen LogP contribution in [0, 0.1) is 6.92 Å². The Bertz CT molecular complexity index is 332. The number of hydrogen-bond donors (Lipinski definition) is 1. The zero-order chi connectivity index (χ0) is 9.84. The summed E-state index contributed by atoms with van der Waals surface area (Å²) in [6.45, 7) is 1.85. The summed E-state index contributed by atoms with van der Waals surface area (Å²) in [5, 5.41) is 9.63. The van der Waals surface area contributed by atoms with Crippen molar-refractivity contribution in [2.45, 2.75) is 6.92 Å².